The highest BCUT2D eigenvalue weighted by molar-refractivity contribution is 5.59. The van der Waals surface area contributed by atoms with Gasteiger partial charge in [-0.2, -0.15) is 0 Å². The summed E-state index contributed by atoms with van der Waals surface area (Å²) in [7, 11) is 0. The SMILES string of the molecule is O=[C]CC[C]=O. The van der Waals surface area contributed by atoms with Crippen LogP contribution in [-0.4, -0.2) is 12.6 Å². The van der Waals surface area contributed by atoms with Crippen LogP contribution in [0.1, 0.15) is 12.8 Å². The van der Waals surface area contributed by atoms with Crippen LogP contribution < -0.4 is 0 Å². The van der Waals surface area contributed by atoms with E-state index in [1.807, 2.05) is 0 Å². The van der Waals surface area contributed by atoms with Crippen molar-refractivity contribution < 1.29 is 9.59 Å². The summed E-state index contributed by atoms with van der Waals surface area (Å²) in [6.07, 6.45) is 3.48. The molecule has 0 atom stereocenters. The maximum atomic E-state index is 9.26. The standard InChI is InChI=1S/C4H4O2/c5-3-1-2-4-6/h1-2H2. The van der Waals surface area contributed by atoms with Crippen LogP contribution in [0.15, 0.2) is 0 Å². The molecule has 0 aromatic rings. The van der Waals surface area contributed by atoms with Crippen LogP contribution in [-0.2, 0) is 9.59 Å². The van der Waals surface area contributed by atoms with Gasteiger partial charge in [0.25, 0.3) is 0 Å². The van der Waals surface area contributed by atoms with Crippen molar-refractivity contribution in [3.05, 3.63) is 0 Å². The Labute approximate surface area is 36.2 Å². The quantitative estimate of drug-likeness (QED) is 0.450. The van der Waals surface area contributed by atoms with Crippen molar-refractivity contribution in [1.82, 2.24) is 0 Å². The number of carbonyl (C=O) groups excluding carboxylic acids is 2. The Hall–Kier alpha value is -0.660. The first-order chi connectivity index (χ1) is 2.91. The normalized spacial score (nSPS) is 7.33. The van der Waals surface area contributed by atoms with Crippen LogP contribution in [0.2, 0.25) is 0 Å². The molecule has 6 heavy (non-hydrogen) atoms. The Balaban J connectivity index is 2.66. The molecule has 0 saturated heterocycles. The van der Waals surface area contributed by atoms with E-state index in [2.05, 4.69) is 0 Å². The zero-order chi connectivity index (χ0) is 4.83. The van der Waals surface area contributed by atoms with Crippen LogP contribution in [0.4, 0.5) is 0 Å². The summed E-state index contributed by atoms with van der Waals surface area (Å²) in [6.45, 7) is 0. The van der Waals surface area contributed by atoms with Crippen LogP contribution in [0.25, 0.3) is 0 Å². The predicted octanol–water partition coefficient (Wildman–Crippen LogP) is -0.0140. The monoisotopic (exact) mass is 84.0 g/mol. The van der Waals surface area contributed by atoms with E-state index in [1.54, 1.807) is 12.6 Å². The van der Waals surface area contributed by atoms with Gasteiger partial charge in [-0.15, -0.1) is 0 Å². The van der Waals surface area contributed by atoms with Gasteiger partial charge in [-0.05, 0) is 0 Å². The molecule has 0 fully saturated rings. The zero-order valence-corrected chi connectivity index (χ0v) is 3.23. The third-order valence-electron chi connectivity index (χ3n) is 0.329. The Morgan fingerprint density at radius 3 is 1.50 bits per heavy atom. The molecular formula is C4H4O2. The minimum absolute atomic E-state index is 0.184. The topological polar surface area (TPSA) is 34.1 Å². The molecule has 0 aromatic heterocycles. The Kier molecular flexibility index (Phi) is 3.86. The van der Waals surface area contributed by atoms with Gasteiger partial charge in [-0.25, -0.2) is 0 Å². The van der Waals surface area contributed by atoms with Gasteiger partial charge in [0.15, 0.2) is 12.6 Å². The predicted molar refractivity (Wildman–Crippen MR) is 20.6 cm³/mol. The van der Waals surface area contributed by atoms with E-state index in [0.29, 0.717) is 0 Å². The van der Waals surface area contributed by atoms with E-state index in [0.717, 1.165) is 0 Å². The van der Waals surface area contributed by atoms with E-state index < -0.39 is 0 Å². The molecular weight excluding hydrogens is 80.0 g/mol. The fourth-order valence-corrected chi connectivity index (χ4v) is 0.102. The van der Waals surface area contributed by atoms with Crippen molar-refractivity contribution in [3.8, 4) is 0 Å². The molecule has 0 aliphatic heterocycles. The summed E-state index contributed by atoms with van der Waals surface area (Å²) < 4.78 is 0. The number of hydrogen-bond donors (Lipinski definition) is 0. The van der Waals surface area contributed by atoms with Crippen molar-refractivity contribution in [2.75, 3.05) is 0 Å². The highest BCUT2D eigenvalue weighted by Crippen LogP contribution is 1.72. The maximum absolute atomic E-state index is 9.26. The van der Waals surface area contributed by atoms with Crippen molar-refractivity contribution in [2.24, 2.45) is 0 Å². The third kappa shape index (κ3) is 3.34. The summed E-state index contributed by atoms with van der Waals surface area (Å²) in [6, 6.07) is 0. The van der Waals surface area contributed by atoms with Crippen LogP contribution in [0.5, 0.6) is 0 Å². The fourth-order valence-electron chi connectivity index (χ4n) is 0.102. The van der Waals surface area contributed by atoms with Crippen LogP contribution >= 0.6 is 0 Å². The van der Waals surface area contributed by atoms with Gasteiger partial charge in [-0.1, -0.05) is 0 Å². The molecule has 32 valence electrons. The minimum atomic E-state index is 0.184. The molecule has 2 nitrogen and oxygen atoms in total. The molecule has 2 radical (unpaired) electrons. The smallest absolute Gasteiger partial charge is 0.198 e. The second-order valence-electron chi connectivity index (χ2n) is 0.789. The van der Waals surface area contributed by atoms with E-state index in [1.165, 1.54) is 0 Å². The Morgan fingerprint density at radius 1 is 1.00 bits per heavy atom. The van der Waals surface area contributed by atoms with Gasteiger partial charge >= 0.3 is 0 Å². The number of rotatable bonds is 3. The van der Waals surface area contributed by atoms with Gasteiger partial charge < -0.3 is 0 Å². The third-order valence-corrected chi connectivity index (χ3v) is 0.329. The second kappa shape index (κ2) is 4.34. The lowest BCUT2D eigenvalue weighted by Crippen LogP contribution is -1.73. The van der Waals surface area contributed by atoms with E-state index in [-0.39, 0.29) is 12.8 Å². The fraction of sp³-hybridized carbons (Fsp3) is 0.500. The lowest BCUT2D eigenvalue weighted by atomic mass is 10.4. The average molecular weight is 84.1 g/mol. The molecule has 2 heteroatoms. The van der Waals surface area contributed by atoms with Crippen molar-refractivity contribution >= 4 is 12.6 Å². The molecule has 0 heterocycles. The average Bonchev–Trinajstić information content (AvgIpc) is 1.61. The first kappa shape index (κ1) is 5.34. The van der Waals surface area contributed by atoms with Crippen LogP contribution in [0, 0.1) is 0 Å². The molecule has 0 unspecified atom stereocenters. The highest BCUT2D eigenvalue weighted by atomic mass is 16.1. The van der Waals surface area contributed by atoms with Crippen molar-refractivity contribution in [1.29, 1.82) is 0 Å². The van der Waals surface area contributed by atoms with Gasteiger partial charge in [0.05, 0.1) is 0 Å². The number of hydrogen-bond acceptors (Lipinski definition) is 2. The molecule has 0 aromatic carbocycles. The molecule has 0 amide bonds. The largest absolute Gasteiger partial charge is 0.291 e. The first-order valence-electron chi connectivity index (χ1n) is 1.62. The van der Waals surface area contributed by atoms with Gasteiger partial charge in [0, 0.05) is 12.8 Å². The molecule has 0 bridgehead atoms. The highest BCUT2D eigenvalue weighted by Gasteiger charge is 1.77. The lowest BCUT2D eigenvalue weighted by molar-refractivity contribution is 0.540. The number of unbranched alkanes of at least 4 members (excludes halogenated alkanes) is 1. The maximum Gasteiger partial charge on any atom is 0.198 e. The van der Waals surface area contributed by atoms with Crippen LogP contribution in [0.3, 0.4) is 0 Å². The first-order valence-corrected chi connectivity index (χ1v) is 1.62. The van der Waals surface area contributed by atoms with Gasteiger partial charge in [0.2, 0.25) is 0 Å². The Bertz CT molecular complexity index is 41.5. The van der Waals surface area contributed by atoms with Gasteiger partial charge in [-0.3, -0.25) is 9.59 Å². The van der Waals surface area contributed by atoms with Crippen molar-refractivity contribution in [3.63, 3.8) is 0 Å². The molecule has 0 aliphatic carbocycles. The molecule has 0 saturated carbocycles. The molecule has 0 aliphatic rings. The summed E-state index contributed by atoms with van der Waals surface area (Å²) in [4.78, 5) is 18.5. The molecule has 0 N–H and O–H groups in total. The second-order valence-corrected chi connectivity index (χ2v) is 0.789. The minimum Gasteiger partial charge on any atom is -0.291 e. The van der Waals surface area contributed by atoms with E-state index >= 15 is 0 Å². The summed E-state index contributed by atoms with van der Waals surface area (Å²) in [5.41, 5.74) is 0. The summed E-state index contributed by atoms with van der Waals surface area (Å²) >= 11 is 0. The van der Waals surface area contributed by atoms with Gasteiger partial charge in [0.1, 0.15) is 0 Å². The molecule has 0 rings (SSSR count). The summed E-state index contributed by atoms with van der Waals surface area (Å²) in [5.74, 6) is 0. The molecule has 0 spiro atoms. The van der Waals surface area contributed by atoms with E-state index in [9.17, 15) is 9.59 Å². The summed E-state index contributed by atoms with van der Waals surface area (Å²) in [5, 5.41) is 0. The van der Waals surface area contributed by atoms with Crippen molar-refractivity contribution in [2.45, 2.75) is 12.8 Å². The lowest BCUT2D eigenvalue weighted by Gasteiger charge is -1.65. The Morgan fingerprint density at radius 2 is 1.33 bits per heavy atom. The van der Waals surface area contributed by atoms with E-state index in [4.69, 9.17) is 0 Å². The zero-order valence-electron chi connectivity index (χ0n) is 3.23.